The number of rotatable bonds is 8. The molecule has 164 valence electrons. The Kier molecular flexibility index (Phi) is 8.64. The minimum Gasteiger partial charge on any atom is -0.303 e. The lowest BCUT2D eigenvalue weighted by Gasteiger charge is -2.45. The molecule has 4 heteroatoms. The summed E-state index contributed by atoms with van der Waals surface area (Å²) in [6.07, 6.45) is 5.50. The molecule has 28 heavy (non-hydrogen) atoms. The summed E-state index contributed by atoms with van der Waals surface area (Å²) in [7, 11) is 0. The molecule has 0 N–H and O–H groups in total. The fraction of sp³-hybridized carbons (Fsp3) is 1.00. The fourth-order valence-electron chi connectivity index (χ4n) is 6.01. The predicted molar refractivity (Wildman–Crippen MR) is 121 cm³/mol. The van der Waals surface area contributed by atoms with Crippen LogP contribution in [-0.4, -0.2) is 97.1 Å². The second-order valence-corrected chi connectivity index (χ2v) is 10.7. The normalized spacial score (nSPS) is 30.1. The van der Waals surface area contributed by atoms with Gasteiger partial charge in [0.2, 0.25) is 0 Å². The van der Waals surface area contributed by atoms with Gasteiger partial charge in [-0.2, -0.15) is 0 Å². The zero-order valence-corrected chi connectivity index (χ0v) is 19.6. The van der Waals surface area contributed by atoms with E-state index in [1.54, 1.807) is 0 Å². The van der Waals surface area contributed by atoms with Gasteiger partial charge in [-0.25, -0.2) is 0 Å². The van der Waals surface area contributed by atoms with Crippen LogP contribution in [-0.2, 0) is 0 Å². The Morgan fingerprint density at radius 1 is 0.750 bits per heavy atom. The lowest BCUT2D eigenvalue weighted by molar-refractivity contribution is 0.0326. The van der Waals surface area contributed by atoms with E-state index in [0.717, 1.165) is 29.8 Å². The van der Waals surface area contributed by atoms with Crippen LogP contribution in [0.1, 0.15) is 60.3 Å². The predicted octanol–water partition coefficient (Wildman–Crippen LogP) is 3.48. The molecule has 2 atom stereocenters. The summed E-state index contributed by atoms with van der Waals surface area (Å²) in [6.45, 7) is 24.9. The average Bonchev–Trinajstić information content (AvgIpc) is 3.13. The van der Waals surface area contributed by atoms with Crippen LogP contribution >= 0.6 is 0 Å². The van der Waals surface area contributed by atoms with Crippen molar-refractivity contribution in [3.63, 3.8) is 0 Å². The molecular weight excluding hydrogens is 344 g/mol. The molecule has 3 heterocycles. The van der Waals surface area contributed by atoms with Crippen LogP contribution < -0.4 is 0 Å². The summed E-state index contributed by atoms with van der Waals surface area (Å²) in [6, 6.07) is 1.64. The minimum atomic E-state index is 0.781. The van der Waals surface area contributed by atoms with Crippen LogP contribution in [0, 0.1) is 17.8 Å². The van der Waals surface area contributed by atoms with Gasteiger partial charge in [0, 0.05) is 51.4 Å². The number of hydrogen-bond donors (Lipinski definition) is 0. The topological polar surface area (TPSA) is 13.0 Å². The molecule has 0 radical (unpaired) electrons. The van der Waals surface area contributed by atoms with Gasteiger partial charge in [-0.15, -0.1) is 0 Å². The maximum atomic E-state index is 2.88. The van der Waals surface area contributed by atoms with Gasteiger partial charge in [0.15, 0.2) is 0 Å². The molecule has 0 aromatic rings. The molecule has 0 bridgehead atoms. The van der Waals surface area contributed by atoms with Crippen molar-refractivity contribution >= 4 is 0 Å². The zero-order valence-electron chi connectivity index (χ0n) is 19.6. The summed E-state index contributed by atoms with van der Waals surface area (Å²) < 4.78 is 0. The highest BCUT2D eigenvalue weighted by Gasteiger charge is 2.38. The SMILES string of the molecule is CCCN1CCN(CC(C)C)C(C2CCN(C3CCN(CC(C)C)CC3)C2)C1. The third-order valence-electron chi connectivity index (χ3n) is 7.25. The number of likely N-dealkylation sites (tertiary alicyclic amines) is 2. The van der Waals surface area contributed by atoms with Crippen molar-refractivity contribution in [2.24, 2.45) is 17.8 Å². The van der Waals surface area contributed by atoms with E-state index in [2.05, 4.69) is 54.2 Å². The first-order chi connectivity index (χ1) is 13.5. The third-order valence-corrected chi connectivity index (χ3v) is 7.25. The number of hydrogen-bond acceptors (Lipinski definition) is 4. The first-order valence-electron chi connectivity index (χ1n) is 12.4. The Bertz CT molecular complexity index is 444. The van der Waals surface area contributed by atoms with E-state index in [1.165, 1.54) is 91.1 Å². The first-order valence-corrected chi connectivity index (χ1v) is 12.4. The van der Waals surface area contributed by atoms with E-state index in [9.17, 15) is 0 Å². The van der Waals surface area contributed by atoms with E-state index in [0.29, 0.717) is 0 Å². The van der Waals surface area contributed by atoms with E-state index in [4.69, 9.17) is 0 Å². The summed E-state index contributed by atoms with van der Waals surface area (Å²) in [5, 5.41) is 0. The van der Waals surface area contributed by atoms with E-state index >= 15 is 0 Å². The molecule has 0 amide bonds. The number of piperazine rings is 1. The molecule has 3 rings (SSSR count). The van der Waals surface area contributed by atoms with Crippen LogP contribution in [0.4, 0.5) is 0 Å². The Labute approximate surface area is 175 Å². The van der Waals surface area contributed by atoms with Crippen molar-refractivity contribution in [2.45, 2.75) is 72.4 Å². The summed E-state index contributed by atoms with van der Waals surface area (Å²) in [5.41, 5.74) is 0. The van der Waals surface area contributed by atoms with Crippen LogP contribution in [0.5, 0.6) is 0 Å². The average molecular weight is 393 g/mol. The molecule has 0 aliphatic carbocycles. The molecular formula is C24H48N4. The molecule has 3 saturated heterocycles. The molecule has 0 aromatic heterocycles. The molecule has 4 nitrogen and oxygen atoms in total. The van der Waals surface area contributed by atoms with Crippen molar-refractivity contribution < 1.29 is 0 Å². The van der Waals surface area contributed by atoms with Gasteiger partial charge < -0.3 is 9.80 Å². The minimum absolute atomic E-state index is 0.781. The lowest BCUT2D eigenvalue weighted by atomic mass is 9.93. The Balaban J connectivity index is 1.53. The summed E-state index contributed by atoms with van der Waals surface area (Å²) in [5.74, 6) is 2.46. The maximum Gasteiger partial charge on any atom is 0.0264 e. The number of nitrogens with zero attached hydrogens (tertiary/aromatic N) is 4. The molecule has 2 unspecified atom stereocenters. The molecule has 3 aliphatic heterocycles. The van der Waals surface area contributed by atoms with Gasteiger partial charge in [-0.1, -0.05) is 34.6 Å². The highest BCUT2D eigenvalue weighted by atomic mass is 15.3. The lowest BCUT2D eigenvalue weighted by Crippen LogP contribution is -2.57. The maximum absolute atomic E-state index is 2.88. The van der Waals surface area contributed by atoms with Crippen LogP contribution in [0.2, 0.25) is 0 Å². The third kappa shape index (κ3) is 6.17. The highest BCUT2D eigenvalue weighted by Crippen LogP contribution is 2.30. The van der Waals surface area contributed by atoms with Crippen molar-refractivity contribution in [2.75, 3.05) is 65.4 Å². The summed E-state index contributed by atoms with van der Waals surface area (Å²) in [4.78, 5) is 11.2. The molecule has 0 aromatic carbocycles. The van der Waals surface area contributed by atoms with Gasteiger partial charge >= 0.3 is 0 Å². The van der Waals surface area contributed by atoms with Crippen LogP contribution in [0.15, 0.2) is 0 Å². The molecule has 0 saturated carbocycles. The Hall–Kier alpha value is -0.160. The van der Waals surface area contributed by atoms with Crippen molar-refractivity contribution in [1.82, 2.24) is 19.6 Å². The van der Waals surface area contributed by atoms with E-state index in [-0.39, 0.29) is 0 Å². The summed E-state index contributed by atoms with van der Waals surface area (Å²) >= 11 is 0. The van der Waals surface area contributed by atoms with Gasteiger partial charge in [0.1, 0.15) is 0 Å². The Morgan fingerprint density at radius 2 is 1.46 bits per heavy atom. The van der Waals surface area contributed by atoms with E-state index < -0.39 is 0 Å². The van der Waals surface area contributed by atoms with Crippen molar-refractivity contribution in [1.29, 1.82) is 0 Å². The monoisotopic (exact) mass is 392 g/mol. The second-order valence-electron chi connectivity index (χ2n) is 10.7. The van der Waals surface area contributed by atoms with Gasteiger partial charge in [-0.05, 0) is 69.6 Å². The van der Waals surface area contributed by atoms with Crippen LogP contribution in [0.3, 0.4) is 0 Å². The first kappa shape index (κ1) is 22.5. The molecule has 3 fully saturated rings. The van der Waals surface area contributed by atoms with E-state index in [1.807, 2.05) is 0 Å². The highest BCUT2D eigenvalue weighted by molar-refractivity contribution is 4.94. The zero-order chi connectivity index (χ0) is 20.1. The van der Waals surface area contributed by atoms with Gasteiger partial charge in [0.25, 0.3) is 0 Å². The fourth-order valence-corrected chi connectivity index (χ4v) is 6.01. The standard InChI is InChI=1S/C24H48N4/c1-6-10-25-14-15-28(17-21(4)5)24(19-25)22-7-13-27(18-22)23-8-11-26(12-9-23)16-20(2)3/h20-24H,6-19H2,1-5H3. The van der Waals surface area contributed by atoms with Gasteiger partial charge in [-0.3, -0.25) is 9.80 Å². The smallest absolute Gasteiger partial charge is 0.0264 e. The largest absolute Gasteiger partial charge is 0.303 e. The second kappa shape index (κ2) is 10.7. The quantitative estimate of drug-likeness (QED) is 0.627. The number of piperidine rings is 1. The van der Waals surface area contributed by atoms with Gasteiger partial charge in [0.05, 0.1) is 0 Å². The molecule has 0 spiro atoms. The van der Waals surface area contributed by atoms with Crippen molar-refractivity contribution in [3.05, 3.63) is 0 Å². The van der Waals surface area contributed by atoms with Crippen LogP contribution in [0.25, 0.3) is 0 Å². The molecule has 3 aliphatic rings. The van der Waals surface area contributed by atoms with Crippen molar-refractivity contribution in [3.8, 4) is 0 Å². The Morgan fingerprint density at radius 3 is 2.11 bits per heavy atom.